The third kappa shape index (κ3) is 3.54. The van der Waals surface area contributed by atoms with E-state index in [1.807, 2.05) is 0 Å². The number of rotatable bonds is 4. The highest BCUT2D eigenvalue weighted by molar-refractivity contribution is 9.11. The van der Waals surface area contributed by atoms with E-state index >= 15 is 0 Å². The Morgan fingerprint density at radius 2 is 2.33 bits per heavy atom. The average Bonchev–Trinajstić information content (AvgIpc) is 2.68. The summed E-state index contributed by atoms with van der Waals surface area (Å²) < 4.78 is 6.40. The van der Waals surface area contributed by atoms with E-state index in [-0.39, 0.29) is 6.04 Å². The molecule has 1 fully saturated rings. The van der Waals surface area contributed by atoms with Crippen molar-refractivity contribution < 1.29 is 4.74 Å². The number of methoxy groups -OCH3 is 1. The van der Waals surface area contributed by atoms with Crippen LogP contribution >= 0.6 is 27.3 Å². The Balaban J connectivity index is 2.17. The molecule has 0 spiro atoms. The van der Waals surface area contributed by atoms with E-state index in [1.165, 1.54) is 21.5 Å². The molecule has 0 radical (unpaired) electrons. The van der Waals surface area contributed by atoms with Gasteiger partial charge in [-0.2, -0.15) is 0 Å². The number of nitrogens with zero attached hydrogens (tertiary/aromatic N) is 1. The minimum absolute atomic E-state index is 0.231. The smallest absolute Gasteiger partial charge is 0.0702 e. The van der Waals surface area contributed by atoms with Crippen LogP contribution in [0.25, 0.3) is 0 Å². The standard InChI is InChI=1S/C13H21BrN2OS/c1-17-9-8-16-7-3-2-4-10(15)13(16)11-5-6-12(14)18-11/h5-6,10,13H,2-4,7-9,15H2,1H3. The summed E-state index contributed by atoms with van der Waals surface area (Å²) in [6.45, 7) is 2.86. The van der Waals surface area contributed by atoms with Crippen LogP contribution in [0, 0.1) is 0 Å². The largest absolute Gasteiger partial charge is 0.383 e. The summed E-state index contributed by atoms with van der Waals surface area (Å²) in [5.41, 5.74) is 6.39. The first-order valence-electron chi connectivity index (χ1n) is 6.46. The Bertz CT molecular complexity index is 372. The van der Waals surface area contributed by atoms with Gasteiger partial charge in [0.1, 0.15) is 0 Å². The van der Waals surface area contributed by atoms with Crippen LogP contribution in [0.4, 0.5) is 0 Å². The molecular formula is C13H21BrN2OS. The molecule has 1 saturated heterocycles. The van der Waals surface area contributed by atoms with Crippen LogP contribution in [0.2, 0.25) is 0 Å². The molecule has 1 aromatic heterocycles. The second kappa shape index (κ2) is 7.01. The molecule has 1 aliphatic rings. The molecule has 0 amide bonds. The molecule has 18 heavy (non-hydrogen) atoms. The molecule has 5 heteroatoms. The molecule has 2 N–H and O–H groups in total. The molecule has 1 aromatic rings. The van der Waals surface area contributed by atoms with E-state index in [0.29, 0.717) is 6.04 Å². The van der Waals surface area contributed by atoms with E-state index < -0.39 is 0 Å². The van der Waals surface area contributed by atoms with E-state index in [4.69, 9.17) is 10.5 Å². The Morgan fingerprint density at radius 3 is 3.00 bits per heavy atom. The zero-order chi connectivity index (χ0) is 13.0. The van der Waals surface area contributed by atoms with Gasteiger partial charge in [-0.3, -0.25) is 4.90 Å². The normalized spacial score (nSPS) is 26.2. The summed E-state index contributed by atoms with van der Waals surface area (Å²) >= 11 is 5.34. The lowest BCUT2D eigenvalue weighted by Crippen LogP contribution is -2.40. The van der Waals surface area contributed by atoms with Crippen LogP contribution in [0.3, 0.4) is 0 Å². The zero-order valence-electron chi connectivity index (χ0n) is 10.8. The van der Waals surface area contributed by atoms with Gasteiger partial charge in [-0.1, -0.05) is 6.42 Å². The summed E-state index contributed by atoms with van der Waals surface area (Å²) in [7, 11) is 1.76. The third-order valence-electron chi connectivity index (χ3n) is 3.50. The molecule has 0 bridgehead atoms. The number of nitrogens with two attached hydrogens (primary N) is 1. The van der Waals surface area contributed by atoms with Gasteiger partial charge in [0.25, 0.3) is 0 Å². The molecular weight excluding hydrogens is 312 g/mol. The van der Waals surface area contributed by atoms with Crippen molar-refractivity contribution in [2.45, 2.75) is 31.3 Å². The van der Waals surface area contributed by atoms with Crippen LogP contribution in [0.1, 0.15) is 30.2 Å². The van der Waals surface area contributed by atoms with Crippen molar-refractivity contribution >= 4 is 27.3 Å². The van der Waals surface area contributed by atoms with Gasteiger partial charge in [0.05, 0.1) is 16.4 Å². The average molecular weight is 333 g/mol. The van der Waals surface area contributed by atoms with Gasteiger partial charge in [0, 0.05) is 24.6 Å². The molecule has 1 aliphatic heterocycles. The minimum atomic E-state index is 0.231. The summed E-state index contributed by atoms with van der Waals surface area (Å²) in [6.07, 6.45) is 3.58. The predicted octanol–water partition coefficient (Wildman–Crippen LogP) is 3.01. The van der Waals surface area contributed by atoms with Crippen molar-refractivity contribution in [3.8, 4) is 0 Å². The van der Waals surface area contributed by atoms with Crippen molar-refractivity contribution in [2.75, 3.05) is 26.8 Å². The molecule has 0 aliphatic carbocycles. The van der Waals surface area contributed by atoms with Crippen LogP contribution < -0.4 is 5.73 Å². The minimum Gasteiger partial charge on any atom is -0.383 e. The first-order chi connectivity index (χ1) is 8.72. The highest BCUT2D eigenvalue weighted by Crippen LogP contribution is 2.35. The number of hydrogen-bond donors (Lipinski definition) is 1. The van der Waals surface area contributed by atoms with Crippen molar-refractivity contribution in [3.05, 3.63) is 20.8 Å². The van der Waals surface area contributed by atoms with Gasteiger partial charge >= 0.3 is 0 Å². The second-order valence-corrected chi connectivity index (χ2v) is 7.27. The quantitative estimate of drug-likeness (QED) is 0.921. The maximum Gasteiger partial charge on any atom is 0.0702 e. The molecule has 2 unspecified atom stereocenters. The highest BCUT2D eigenvalue weighted by atomic mass is 79.9. The molecule has 2 rings (SSSR count). The van der Waals surface area contributed by atoms with Gasteiger partial charge in [-0.15, -0.1) is 11.3 Å². The zero-order valence-corrected chi connectivity index (χ0v) is 13.2. The van der Waals surface area contributed by atoms with Crippen LogP contribution in [0.15, 0.2) is 15.9 Å². The first kappa shape index (κ1) is 14.5. The topological polar surface area (TPSA) is 38.5 Å². The number of likely N-dealkylation sites (tertiary alicyclic amines) is 1. The summed E-state index contributed by atoms with van der Waals surface area (Å²) in [5.74, 6) is 0. The lowest BCUT2D eigenvalue weighted by molar-refractivity contribution is 0.116. The van der Waals surface area contributed by atoms with Gasteiger partial charge in [-0.05, 0) is 47.4 Å². The van der Waals surface area contributed by atoms with Crippen LogP contribution in [-0.2, 0) is 4.74 Å². The van der Waals surface area contributed by atoms with E-state index in [0.717, 1.165) is 26.1 Å². The van der Waals surface area contributed by atoms with Crippen LogP contribution in [0.5, 0.6) is 0 Å². The van der Waals surface area contributed by atoms with Crippen molar-refractivity contribution in [1.82, 2.24) is 4.90 Å². The predicted molar refractivity (Wildman–Crippen MR) is 80.0 cm³/mol. The molecule has 0 saturated carbocycles. The Hall–Kier alpha value is 0.0600. The lowest BCUT2D eigenvalue weighted by Gasteiger charge is -2.32. The Kier molecular flexibility index (Phi) is 5.63. The SMILES string of the molecule is COCCN1CCCCC(N)C1c1ccc(Br)s1. The van der Waals surface area contributed by atoms with E-state index in [1.54, 1.807) is 18.4 Å². The fourth-order valence-electron chi connectivity index (χ4n) is 2.60. The van der Waals surface area contributed by atoms with Crippen molar-refractivity contribution in [1.29, 1.82) is 0 Å². The molecule has 3 nitrogen and oxygen atoms in total. The summed E-state index contributed by atoms with van der Waals surface area (Å²) in [6, 6.07) is 4.89. The van der Waals surface area contributed by atoms with Crippen molar-refractivity contribution in [2.24, 2.45) is 5.73 Å². The monoisotopic (exact) mass is 332 g/mol. The molecule has 102 valence electrons. The number of hydrogen-bond acceptors (Lipinski definition) is 4. The molecule has 0 aromatic carbocycles. The maximum absolute atomic E-state index is 6.39. The van der Waals surface area contributed by atoms with Gasteiger partial charge in [-0.25, -0.2) is 0 Å². The maximum atomic E-state index is 6.39. The lowest BCUT2D eigenvalue weighted by atomic mass is 10.0. The fraction of sp³-hybridized carbons (Fsp3) is 0.692. The molecule has 2 atom stereocenters. The van der Waals surface area contributed by atoms with Gasteiger partial charge in [0.2, 0.25) is 0 Å². The Morgan fingerprint density at radius 1 is 1.50 bits per heavy atom. The number of ether oxygens (including phenoxy) is 1. The highest BCUT2D eigenvalue weighted by Gasteiger charge is 2.29. The molecule has 2 heterocycles. The fourth-order valence-corrected chi connectivity index (χ4v) is 4.24. The van der Waals surface area contributed by atoms with Crippen molar-refractivity contribution in [3.63, 3.8) is 0 Å². The third-order valence-corrected chi connectivity index (χ3v) is 5.19. The van der Waals surface area contributed by atoms with Crippen LogP contribution in [-0.4, -0.2) is 37.7 Å². The van der Waals surface area contributed by atoms with Gasteiger partial charge in [0.15, 0.2) is 0 Å². The summed E-state index contributed by atoms with van der Waals surface area (Å²) in [4.78, 5) is 3.85. The first-order valence-corrected chi connectivity index (χ1v) is 8.07. The number of thiophene rings is 1. The summed E-state index contributed by atoms with van der Waals surface area (Å²) in [5, 5.41) is 0. The Labute approximate surface area is 121 Å². The number of halogens is 1. The second-order valence-electron chi connectivity index (χ2n) is 4.78. The van der Waals surface area contributed by atoms with E-state index in [2.05, 4.69) is 33.0 Å². The van der Waals surface area contributed by atoms with Gasteiger partial charge < -0.3 is 10.5 Å². The van der Waals surface area contributed by atoms with E-state index in [9.17, 15) is 0 Å².